The summed E-state index contributed by atoms with van der Waals surface area (Å²) < 4.78 is 29.0. The van der Waals surface area contributed by atoms with Gasteiger partial charge >= 0.3 is 0 Å². The number of amides is 2. The maximum Gasteiger partial charge on any atom is 0.264 e. The molecule has 3 aromatic rings. The van der Waals surface area contributed by atoms with Gasteiger partial charge in [0.25, 0.3) is 10.0 Å². The number of benzene rings is 3. The van der Waals surface area contributed by atoms with Crippen LogP contribution >= 0.6 is 11.6 Å². The van der Waals surface area contributed by atoms with E-state index in [2.05, 4.69) is 5.32 Å². The molecule has 39 heavy (non-hydrogen) atoms. The van der Waals surface area contributed by atoms with Crippen LogP contribution in [0.2, 0.25) is 5.02 Å². The predicted molar refractivity (Wildman–Crippen MR) is 156 cm³/mol. The van der Waals surface area contributed by atoms with Crippen LogP contribution in [0.25, 0.3) is 0 Å². The summed E-state index contributed by atoms with van der Waals surface area (Å²) in [5.74, 6) is -0.851. The number of sulfonamides is 1. The Bertz CT molecular complexity index is 1410. The largest absolute Gasteiger partial charge is 0.352 e. The summed E-state index contributed by atoms with van der Waals surface area (Å²) >= 11 is 6.41. The molecule has 7 nitrogen and oxygen atoms in total. The minimum absolute atomic E-state index is 0.0413. The molecule has 0 aliphatic rings. The number of hydrogen-bond donors (Lipinski definition) is 1. The lowest BCUT2D eigenvalue weighted by molar-refractivity contribution is -0.139. The molecule has 0 saturated heterocycles. The summed E-state index contributed by atoms with van der Waals surface area (Å²) in [7, 11) is -4.11. The van der Waals surface area contributed by atoms with Gasteiger partial charge in [0.15, 0.2) is 0 Å². The number of nitrogens with zero attached hydrogens (tertiary/aromatic N) is 2. The molecule has 0 saturated carbocycles. The molecule has 3 aromatic carbocycles. The highest BCUT2D eigenvalue weighted by Crippen LogP contribution is 2.29. The quantitative estimate of drug-likeness (QED) is 0.331. The Hall–Kier alpha value is -3.36. The first-order valence-corrected chi connectivity index (χ1v) is 14.8. The Morgan fingerprint density at radius 2 is 1.59 bits per heavy atom. The SMILES string of the molecule is CC[C@@H](C)NC(=O)[C@@H](C)N(Cc1ccccc1Cl)C(=O)CN(c1cc(C)ccc1C)S(=O)(=O)c1ccccc1. The van der Waals surface area contributed by atoms with Crippen LogP contribution in [0.4, 0.5) is 5.69 Å². The molecule has 0 aliphatic heterocycles. The number of carbonyl (C=O) groups excluding carboxylic acids is 2. The van der Waals surface area contributed by atoms with Gasteiger partial charge in [-0.05, 0) is 75.1 Å². The molecule has 0 heterocycles. The molecule has 0 fully saturated rings. The lowest BCUT2D eigenvalue weighted by atomic mass is 10.1. The van der Waals surface area contributed by atoms with E-state index in [1.54, 1.807) is 62.4 Å². The average molecular weight is 570 g/mol. The van der Waals surface area contributed by atoms with Crippen molar-refractivity contribution in [3.05, 3.63) is 94.5 Å². The highest BCUT2D eigenvalue weighted by atomic mass is 35.5. The van der Waals surface area contributed by atoms with Crippen molar-refractivity contribution < 1.29 is 18.0 Å². The Balaban J connectivity index is 2.07. The van der Waals surface area contributed by atoms with E-state index in [9.17, 15) is 18.0 Å². The number of carbonyl (C=O) groups is 2. The Morgan fingerprint density at radius 1 is 0.949 bits per heavy atom. The Kier molecular flexibility index (Phi) is 10.2. The summed E-state index contributed by atoms with van der Waals surface area (Å²) in [5.41, 5.74) is 2.61. The van der Waals surface area contributed by atoms with Crippen LogP contribution in [0.5, 0.6) is 0 Å². The molecular weight excluding hydrogens is 534 g/mol. The number of anilines is 1. The van der Waals surface area contributed by atoms with E-state index in [0.717, 1.165) is 16.3 Å². The average Bonchev–Trinajstić information content (AvgIpc) is 2.92. The molecule has 0 aromatic heterocycles. The van der Waals surface area contributed by atoms with E-state index in [4.69, 9.17) is 11.6 Å². The first-order chi connectivity index (χ1) is 18.4. The van der Waals surface area contributed by atoms with Gasteiger partial charge in [-0.3, -0.25) is 13.9 Å². The smallest absolute Gasteiger partial charge is 0.264 e. The molecule has 0 bridgehead atoms. The molecule has 9 heteroatoms. The number of hydrogen-bond acceptors (Lipinski definition) is 4. The molecule has 2 atom stereocenters. The standard InChI is InChI=1S/C30H36ClN3O4S/c1-6-23(4)32-30(36)24(5)33(19-25-12-10-11-15-27(25)31)29(35)20-34(28-18-21(2)16-17-22(28)3)39(37,38)26-13-8-7-9-14-26/h7-18,23-24H,6,19-20H2,1-5H3,(H,32,36)/t23-,24-/m1/s1. The van der Waals surface area contributed by atoms with Gasteiger partial charge < -0.3 is 10.2 Å². The zero-order chi connectivity index (χ0) is 28.7. The van der Waals surface area contributed by atoms with Gasteiger partial charge in [-0.1, -0.05) is 67.1 Å². The topological polar surface area (TPSA) is 86.8 Å². The van der Waals surface area contributed by atoms with E-state index in [1.807, 2.05) is 32.9 Å². The summed E-state index contributed by atoms with van der Waals surface area (Å²) in [5, 5.41) is 3.38. The van der Waals surface area contributed by atoms with Crippen LogP contribution in [0.3, 0.4) is 0 Å². The van der Waals surface area contributed by atoms with Crippen molar-refractivity contribution in [3.63, 3.8) is 0 Å². The Morgan fingerprint density at radius 3 is 2.23 bits per heavy atom. The van der Waals surface area contributed by atoms with Crippen LogP contribution in [0, 0.1) is 13.8 Å². The third-order valence-electron chi connectivity index (χ3n) is 6.71. The second kappa shape index (κ2) is 13.1. The van der Waals surface area contributed by atoms with Crippen molar-refractivity contribution in [1.29, 1.82) is 0 Å². The van der Waals surface area contributed by atoms with Crippen molar-refractivity contribution in [1.82, 2.24) is 10.2 Å². The first kappa shape index (κ1) is 30.2. The van der Waals surface area contributed by atoms with Crippen molar-refractivity contribution in [3.8, 4) is 0 Å². The Labute approximate surface area is 236 Å². The molecule has 1 N–H and O–H groups in total. The van der Waals surface area contributed by atoms with Gasteiger partial charge in [0.1, 0.15) is 12.6 Å². The summed E-state index contributed by atoms with van der Waals surface area (Å²) in [6, 6.07) is 19.6. The van der Waals surface area contributed by atoms with Gasteiger partial charge in [0.05, 0.1) is 10.6 Å². The molecule has 2 amide bonds. The molecule has 0 unspecified atom stereocenters. The summed E-state index contributed by atoms with van der Waals surface area (Å²) in [4.78, 5) is 28.6. The number of aryl methyl sites for hydroxylation is 2. The minimum atomic E-state index is -4.11. The van der Waals surface area contributed by atoms with Crippen LogP contribution in [0.15, 0.2) is 77.7 Å². The van der Waals surface area contributed by atoms with E-state index >= 15 is 0 Å². The van der Waals surface area contributed by atoms with E-state index in [-0.39, 0.29) is 23.4 Å². The van der Waals surface area contributed by atoms with Crippen molar-refractivity contribution in [2.75, 3.05) is 10.8 Å². The molecule has 208 valence electrons. The fraction of sp³-hybridized carbons (Fsp3) is 0.333. The molecule has 0 spiro atoms. The fourth-order valence-corrected chi connectivity index (χ4v) is 5.77. The zero-order valence-corrected chi connectivity index (χ0v) is 24.6. The van der Waals surface area contributed by atoms with E-state index in [0.29, 0.717) is 21.8 Å². The molecular formula is C30H36ClN3O4S. The van der Waals surface area contributed by atoms with Crippen LogP contribution in [-0.4, -0.2) is 43.8 Å². The van der Waals surface area contributed by atoms with Gasteiger partial charge in [0, 0.05) is 17.6 Å². The third kappa shape index (κ3) is 7.40. The summed E-state index contributed by atoms with van der Waals surface area (Å²) in [6.07, 6.45) is 0.729. The zero-order valence-electron chi connectivity index (χ0n) is 23.0. The third-order valence-corrected chi connectivity index (χ3v) is 8.85. The molecule has 0 aliphatic carbocycles. The van der Waals surface area contributed by atoms with Gasteiger partial charge in [-0.15, -0.1) is 0 Å². The second-order valence-corrected chi connectivity index (χ2v) is 12.0. The van der Waals surface area contributed by atoms with Crippen LogP contribution in [0.1, 0.15) is 43.9 Å². The van der Waals surface area contributed by atoms with Crippen LogP contribution in [-0.2, 0) is 26.2 Å². The van der Waals surface area contributed by atoms with Gasteiger partial charge in [0.2, 0.25) is 11.8 Å². The lowest BCUT2D eigenvalue weighted by Crippen LogP contribution is -2.52. The number of nitrogens with one attached hydrogen (secondary N) is 1. The van der Waals surface area contributed by atoms with E-state index < -0.39 is 28.5 Å². The van der Waals surface area contributed by atoms with Gasteiger partial charge in [-0.25, -0.2) is 8.42 Å². The van der Waals surface area contributed by atoms with Gasteiger partial charge in [-0.2, -0.15) is 0 Å². The maximum atomic E-state index is 14.0. The monoisotopic (exact) mass is 569 g/mol. The van der Waals surface area contributed by atoms with E-state index in [1.165, 1.54) is 17.0 Å². The lowest BCUT2D eigenvalue weighted by Gasteiger charge is -2.33. The highest BCUT2D eigenvalue weighted by molar-refractivity contribution is 7.92. The van der Waals surface area contributed by atoms with Crippen molar-refractivity contribution >= 4 is 39.1 Å². The number of rotatable bonds is 11. The highest BCUT2D eigenvalue weighted by Gasteiger charge is 2.33. The second-order valence-electron chi connectivity index (χ2n) is 9.72. The fourth-order valence-electron chi connectivity index (χ4n) is 4.08. The summed E-state index contributed by atoms with van der Waals surface area (Å²) in [6.45, 7) is 8.70. The van der Waals surface area contributed by atoms with Crippen molar-refractivity contribution in [2.45, 2.75) is 64.6 Å². The number of halogens is 1. The maximum absolute atomic E-state index is 14.0. The van der Waals surface area contributed by atoms with Crippen molar-refractivity contribution in [2.24, 2.45) is 0 Å². The normalized spacial score (nSPS) is 12.9. The molecule has 0 radical (unpaired) electrons. The van der Waals surface area contributed by atoms with Crippen LogP contribution < -0.4 is 9.62 Å². The predicted octanol–water partition coefficient (Wildman–Crippen LogP) is 5.48. The first-order valence-electron chi connectivity index (χ1n) is 12.9. The molecule has 3 rings (SSSR count). The minimum Gasteiger partial charge on any atom is -0.352 e.